The minimum absolute atomic E-state index is 0.788. The summed E-state index contributed by atoms with van der Waals surface area (Å²) in [6.07, 6.45) is 2.69. The molecule has 1 N–H and O–H groups in total. The van der Waals surface area contributed by atoms with Gasteiger partial charge in [0.1, 0.15) is 0 Å². The fraction of sp³-hybridized carbons (Fsp3) is 0.214. The number of carbonyl (C=O) groups is 1. The first-order chi connectivity index (χ1) is 8.40. The van der Waals surface area contributed by atoms with Gasteiger partial charge in [-0.15, -0.1) is 0 Å². The van der Waals surface area contributed by atoms with E-state index in [1.807, 2.05) is 32.2 Å². The van der Waals surface area contributed by atoms with E-state index >= 15 is 0 Å². The van der Waals surface area contributed by atoms with Crippen LogP contribution in [0, 0.1) is 0 Å². The average molecular weight is 310 g/mol. The second kappa shape index (κ2) is 6.40. The van der Waals surface area contributed by atoms with Crippen LogP contribution < -0.4 is 4.90 Å². The first-order valence-electron chi connectivity index (χ1n) is 5.46. The number of aliphatic carboxylic acids is 1. The van der Waals surface area contributed by atoms with Crippen molar-refractivity contribution in [2.45, 2.75) is 6.92 Å². The quantitative estimate of drug-likeness (QED) is 0.668. The minimum Gasteiger partial charge on any atom is -0.478 e. The predicted molar refractivity (Wildman–Crippen MR) is 78.9 cm³/mol. The van der Waals surface area contributed by atoms with Crippen molar-refractivity contribution in [3.8, 4) is 0 Å². The van der Waals surface area contributed by atoms with Crippen molar-refractivity contribution in [3.05, 3.63) is 46.5 Å². The van der Waals surface area contributed by atoms with Gasteiger partial charge in [0.15, 0.2) is 0 Å². The van der Waals surface area contributed by atoms with E-state index in [-0.39, 0.29) is 0 Å². The van der Waals surface area contributed by atoms with Crippen LogP contribution in [0.4, 0.5) is 5.69 Å². The highest BCUT2D eigenvalue weighted by molar-refractivity contribution is 9.10. The van der Waals surface area contributed by atoms with Crippen LogP contribution in [0.2, 0.25) is 0 Å². The molecule has 3 nitrogen and oxygen atoms in total. The van der Waals surface area contributed by atoms with Crippen molar-refractivity contribution < 1.29 is 9.90 Å². The van der Waals surface area contributed by atoms with Gasteiger partial charge in [-0.05, 0) is 30.7 Å². The van der Waals surface area contributed by atoms with Gasteiger partial charge in [-0.25, -0.2) is 4.79 Å². The second-order valence-electron chi connectivity index (χ2n) is 4.19. The van der Waals surface area contributed by atoms with E-state index < -0.39 is 5.97 Å². The average Bonchev–Trinajstić information content (AvgIpc) is 2.26. The number of benzene rings is 1. The molecule has 0 aliphatic rings. The molecule has 0 atom stereocenters. The number of nitrogens with zero attached hydrogens (tertiary/aromatic N) is 1. The summed E-state index contributed by atoms with van der Waals surface area (Å²) in [5.41, 5.74) is 2.98. The zero-order chi connectivity index (χ0) is 13.7. The normalized spacial score (nSPS) is 10.6. The summed E-state index contributed by atoms with van der Waals surface area (Å²) in [5.74, 6) is -0.953. The molecule has 0 spiro atoms. The first-order valence-corrected chi connectivity index (χ1v) is 6.25. The molecule has 0 fully saturated rings. The third-order valence-electron chi connectivity index (χ3n) is 2.34. The van der Waals surface area contributed by atoms with E-state index in [1.165, 1.54) is 0 Å². The van der Waals surface area contributed by atoms with Gasteiger partial charge in [0.2, 0.25) is 0 Å². The Morgan fingerprint density at radius 3 is 2.72 bits per heavy atom. The molecule has 96 valence electrons. The number of halogens is 1. The topological polar surface area (TPSA) is 40.5 Å². The Hall–Kier alpha value is -1.55. The molecule has 1 aromatic carbocycles. The van der Waals surface area contributed by atoms with Gasteiger partial charge in [-0.2, -0.15) is 0 Å². The summed E-state index contributed by atoms with van der Waals surface area (Å²) in [6.45, 7) is 6.65. The summed E-state index contributed by atoms with van der Waals surface area (Å²) in [5, 5.41) is 8.59. The zero-order valence-corrected chi connectivity index (χ0v) is 12.1. The van der Waals surface area contributed by atoms with Crippen LogP contribution in [0.1, 0.15) is 12.5 Å². The van der Waals surface area contributed by atoms with Crippen molar-refractivity contribution in [2.24, 2.45) is 0 Å². The van der Waals surface area contributed by atoms with Crippen molar-refractivity contribution in [1.82, 2.24) is 0 Å². The molecular weight excluding hydrogens is 294 g/mol. The number of rotatable bonds is 5. The maximum atomic E-state index is 10.5. The van der Waals surface area contributed by atoms with E-state index in [4.69, 9.17) is 5.11 Å². The summed E-state index contributed by atoms with van der Waals surface area (Å²) in [7, 11) is 1.99. The van der Waals surface area contributed by atoms with E-state index in [1.54, 1.807) is 6.08 Å². The van der Waals surface area contributed by atoms with Gasteiger partial charge < -0.3 is 10.0 Å². The molecule has 0 aliphatic carbocycles. The maximum absolute atomic E-state index is 10.5. The minimum atomic E-state index is -0.953. The first kappa shape index (κ1) is 14.5. The standard InChI is InChI=1S/C14H16BrNO2/c1-10(2)9-16(3)12-6-4-11(13(15)8-12)5-7-14(17)18/h4-8H,1,9H2,2-3H3,(H,17,18)/b7-5+. The highest BCUT2D eigenvalue weighted by Gasteiger charge is 2.04. The number of hydrogen-bond acceptors (Lipinski definition) is 2. The molecule has 0 heterocycles. The summed E-state index contributed by atoms with van der Waals surface area (Å²) in [6, 6.07) is 5.80. The van der Waals surface area contributed by atoms with Gasteiger partial charge in [0.05, 0.1) is 0 Å². The lowest BCUT2D eigenvalue weighted by Gasteiger charge is -2.20. The monoisotopic (exact) mass is 309 g/mol. The molecule has 0 radical (unpaired) electrons. The number of hydrogen-bond donors (Lipinski definition) is 1. The second-order valence-corrected chi connectivity index (χ2v) is 5.04. The zero-order valence-electron chi connectivity index (χ0n) is 10.5. The Morgan fingerprint density at radius 2 is 2.22 bits per heavy atom. The van der Waals surface area contributed by atoms with Crippen molar-refractivity contribution in [3.63, 3.8) is 0 Å². The number of carboxylic acids is 1. The lowest BCUT2D eigenvalue weighted by atomic mass is 10.1. The highest BCUT2D eigenvalue weighted by atomic mass is 79.9. The highest BCUT2D eigenvalue weighted by Crippen LogP contribution is 2.25. The number of anilines is 1. The largest absolute Gasteiger partial charge is 0.478 e. The third-order valence-corrected chi connectivity index (χ3v) is 3.02. The van der Waals surface area contributed by atoms with Crippen LogP contribution in [0.25, 0.3) is 6.08 Å². The Balaban J connectivity index is 2.91. The maximum Gasteiger partial charge on any atom is 0.328 e. The fourth-order valence-corrected chi connectivity index (χ4v) is 2.04. The lowest BCUT2D eigenvalue weighted by Crippen LogP contribution is -2.18. The Morgan fingerprint density at radius 1 is 1.56 bits per heavy atom. The third kappa shape index (κ3) is 4.37. The lowest BCUT2D eigenvalue weighted by molar-refractivity contribution is -0.131. The summed E-state index contributed by atoms with van der Waals surface area (Å²) in [4.78, 5) is 12.5. The Bertz CT molecular complexity index is 495. The Labute approximate surface area is 116 Å². The van der Waals surface area contributed by atoms with Crippen LogP contribution in [0.3, 0.4) is 0 Å². The molecule has 0 amide bonds. The van der Waals surface area contributed by atoms with Gasteiger partial charge in [-0.1, -0.05) is 34.1 Å². The van der Waals surface area contributed by atoms with Crippen LogP contribution >= 0.6 is 15.9 Å². The molecule has 4 heteroatoms. The molecular formula is C14H16BrNO2. The summed E-state index contributed by atoms with van der Waals surface area (Å²) >= 11 is 3.44. The van der Waals surface area contributed by atoms with Crippen molar-refractivity contribution >= 4 is 33.7 Å². The molecule has 1 rings (SSSR count). The van der Waals surface area contributed by atoms with Gasteiger partial charge >= 0.3 is 5.97 Å². The van der Waals surface area contributed by atoms with Crippen molar-refractivity contribution in [1.29, 1.82) is 0 Å². The Kier molecular flexibility index (Phi) is 5.16. The van der Waals surface area contributed by atoms with Crippen molar-refractivity contribution in [2.75, 3.05) is 18.5 Å². The number of carboxylic acid groups (broad SMARTS) is 1. The van der Waals surface area contributed by atoms with E-state index in [9.17, 15) is 4.79 Å². The van der Waals surface area contributed by atoms with Gasteiger partial charge in [0.25, 0.3) is 0 Å². The molecule has 0 unspecified atom stereocenters. The predicted octanol–water partition coefficient (Wildman–Crippen LogP) is 3.56. The van der Waals surface area contributed by atoms with E-state index in [0.717, 1.165) is 33.9 Å². The van der Waals surface area contributed by atoms with Gasteiger partial charge in [0, 0.05) is 29.8 Å². The SMILES string of the molecule is C=C(C)CN(C)c1ccc(/C=C/C(=O)O)c(Br)c1. The van der Waals surface area contributed by atoms with E-state index in [0.29, 0.717) is 0 Å². The van der Waals surface area contributed by atoms with Crippen LogP contribution in [-0.2, 0) is 4.79 Å². The van der Waals surface area contributed by atoms with Crippen LogP contribution in [-0.4, -0.2) is 24.7 Å². The summed E-state index contributed by atoms with van der Waals surface area (Å²) < 4.78 is 0.867. The van der Waals surface area contributed by atoms with Gasteiger partial charge in [-0.3, -0.25) is 0 Å². The molecule has 0 aliphatic heterocycles. The molecule has 0 bridgehead atoms. The molecule has 0 saturated heterocycles. The molecule has 0 aromatic heterocycles. The fourth-order valence-electron chi connectivity index (χ4n) is 1.55. The number of likely N-dealkylation sites (N-methyl/N-ethyl adjacent to an activating group) is 1. The molecule has 1 aromatic rings. The smallest absolute Gasteiger partial charge is 0.328 e. The molecule has 0 saturated carbocycles. The van der Waals surface area contributed by atoms with Crippen LogP contribution in [0.15, 0.2) is 40.9 Å². The van der Waals surface area contributed by atoms with Crippen LogP contribution in [0.5, 0.6) is 0 Å². The van der Waals surface area contributed by atoms with E-state index in [2.05, 4.69) is 27.4 Å². The molecule has 18 heavy (non-hydrogen) atoms.